The van der Waals surface area contributed by atoms with E-state index in [1.165, 1.54) is 18.2 Å². The predicted molar refractivity (Wildman–Crippen MR) is 84.7 cm³/mol. The highest BCUT2D eigenvalue weighted by Crippen LogP contribution is 2.25. The molecular formula is C17H18N2O3. The van der Waals surface area contributed by atoms with Crippen LogP contribution in [0.3, 0.4) is 0 Å². The van der Waals surface area contributed by atoms with Crippen molar-refractivity contribution >= 4 is 17.5 Å². The molecule has 0 aliphatic carbocycles. The maximum Gasteiger partial charge on any atom is 0.252 e. The number of hydrogen-bond acceptors (Lipinski definition) is 3. The van der Waals surface area contributed by atoms with Crippen LogP contribution in [0, 0.1) is 0 Å². The van der Waals surface area contributed by atoms with Crippen LogP contribution in [0.25, 0.3) is 0 Å². The topological polar surface area (TPSA) is 92.4 Å². The number of nitrogens with two attached hydrogens (primary N) is 1. The molecule has 0 spiro atoms. The van der Waals surface area contributed by atoms with Crippen LogP contribution in [0.4, 0.5) is 5.69 Å². The molecule has 0 unspecified atom stereocenters. The first-order chi connectivity index (χ1) is 10.5. The predicted octanol–water partition coefficient (Wildman–Crippen LogP) is 2.62. The summed E-state index contributed by atoms with van der Waals surface area (Å²) >= 11 is 0. The number of phenols is 1. The van der Waals surface area contributed by atoms with Crippen LogP contribution in [0.15, 0.2) is 48.5 Å². The molecule has 0 heterocycles. The van der Waals surface area contributed by atoms with Gasteiger partial charge in [0, 0.05) is 11.8 Å². The quantitative estimate of drug-likeness (QED) is 0.792. The fraction of sp³-hybridized carbons (Fsp3) is 0.176. The third-order valence-corrected chi connectivity index (χ3v) is 3.46. The Morgan fingerprint density at radius 3 is 2.41 bits per heavy atom. The van der Waals surface area contributed by atoms with Crippen molar-refractivity contribution in [3.05, 3.63) is 59.7 Å². The van der Waals surface area contributed by atoms with Gasteiger partial charge in [0.05, 0.1) is 11.5 Å². The van der Waals surface area contributed by atoms with Crippen molar-refractivity contribution in [1.82, 2.24) is 0 Å². The molecule has 2 aromatic carbocycles. The van der Waals surface area contributed by atoms with Gasteiger partial charge in [0.15, 0.2) is 0 Å². The smallest absolute Gasteiger partial charge is 0.252 e. The Labute approximate surface area is 128 Å². The van der Waals surface area contributed by atoms with E-state index in [2.05, 4.69) is 5.32 Å². The summed E-state index contributed by atoms with van der Waals surface area (Å²) in [7, 11) is 0. The van der Waals surface area contributed by atoms with E-state index in [4.69, 9.17) is 5.73 Å². The Balaban J connectivity index is 2.17. The molecule has 5 nitrogen and oxygen atoms in total. The van der Waals surface area contributed by atoms with E-state index in [1.54, 1.807) is 0 Å². The summed E-state index contributed by atoms with van der Waals surface area (Å²) in [5.74, 6) is -1.41. The van der Waals surface area contributed by atoms with E-state index in [-0.39, 0.29) is 23.1 Å². The van der Waals surface area contributed by atoms with Gasteiger partial charge < -0.3 is 16.2 Å². The summed E-state index contributed by atoms with van der Waals surface area (Å²) in [5.41, 5.74) is 6.50. The maximum atomic E-state index is 12.4. The maximum absolute atomic E-state index is 12.4. The molecule has 4 N–H and O–H groups in total. The molecule has 0 bridgehead atoms. The number of benzene rings is 2. The highest BCUT2D eigenvalue weighted by Gasteiger charge is 2.19. The minimum atomic E-state index is -0.717. The van der Waals surface area contributed by atoms with Gasteiger partial charge in [-0.3, -0.25) is 9.59 Å². The summed E-state index contributed by atoms with van der Waals surface area (Å²) in [5, 5.41) is 12.5. The Bertz CT molecular complexity index is 684. The van der Waals surface area contributed by atoms with Gasteiger partial charge in [0.25, 0.3) is 5.91 Å². The third kappa shape index (κ3) is 3.44. The number of primary amides is 1. The van der Waals surface area contributed by atoms with Gasteiger partial charge in [-0.25, -0.2) is 0 Å². The Hall–Kier alpha value is -2.82. The largest absolute Gasteiger partial charge is 0.507 e. The van der Waals surface area contributed by atoms with E-state index in [0.29, 0.717) is 12.1 Å². The lowest BCUT2D eigenvalue weighted by Gasteiger charge is -2.15. The molecule has 22 heavy (non-hydrogen) atoms. The van der Waals surface area contributed by atoms with E-state index in [9.17, 15) is 14.7 Å². The minimum absolute atomic E-state index is 0.0214. The van der Waals surface area contributed by atoms with Crippen LogP contribution in [-0.4, -0.2) is 16.9 Å². The van der Waals surface area contributed by atoms with Crippen molar-refractivity contribution in [1.29, 1.82) is 0 Å². The van der Waals surface area contributed by atoms with Crippen molar-refractivity contribution in [3.8, 4) is 5.75 Å². The highest BCUT2D eigenvalue weighted by molar-refractivity contribution is 5.98. The Kier molecular flexibility index (Phi) is 4.78. The van der Waals surface area contributed by atoms with Crippen LogP contribution < -0.4 is 11.1 Å². The Morgan fingerprint density at radius 2 is 1.86 bits per heavy atom. The summed E-state index contributed by atoms with van der Waals surface area (Å²) in [6.45, 7) is 1.94. The molecule has 5 heteroatoms. The van der Waals surface area contributed by atoms with E-state index in [1.807, 2.05) is 37.3 Å². The first-order valence-corrected chi connectivity index (χ1v) is 7.01. The molecule has 0 aliphatic heterocycles. The average molecular weight is 298 g/mol. The van der Waals surface area contributed by atoms with Crippen molar-refractivity contribution < 1.29 is 14.7 Å². The van der Waals surface area contributed by atoms with Crippen molar-refractivity contribution in [2.45, 2.75) is 19.3 Å². The lowest BCUT2D eigenvalue weighted by atomic mass is 9.95. The third-order valence-electron chi connectivity index (χ3n) is 3.46. The number of aromatic hydroxyl groups is 1. The number of anilines is 1. The summed E-state index contributed by atoms with van der Waals surface area (Å²) in [6, 6.07) is 13.7. The van der Waals surface area contributed by atoms with Gasteiger partial charge in [0.2, 0.25) is 5.91 Å². The number of amides is 2. The number of rotatable bonds is 5. The highest BCUT2D eigenvalue weighted by atomic mass is 16.3. The summed E-state index contributed by atoms with van der Waals surface area (Å²) in [6.07, 6.45) is 0.654. The van der Waals surface area contributed by atoms with Gasteiger partial charge in [-0.15, -0.1) is 0 Å². The molecule has 0 fully saturated rings. The molecule has 0 saturated carbocycles. The number of carbonyl (C=O) groups excluding carboxylic acids is 2. The van der Waals surface area contributed by atoms with Gasteiger partial charge in [-0.1, -0.05) is 37.3 Å². The molecule has 2 aromatic rings. The van der Waals surface area contributed by atoms with Crippen LogP contribution >= 0.6 is 0 Å². The van der Waals surface area contributed by atoms with E-state index < -0.39 is 5.91 Å². The second kappa shape index (κ2) is 6.76. The number of hydrogen-bond donors (Lipinski definition) is 3. The zero-order chi connectivity index (χ0) is 16.1. The molecule has 0 radical (unpaired) electrons. The standard InChI is InChI=1S/C17H18N2O3/c1-2-13(11-6-4-3-5-7-11)17(22)19-12-8-9-14(16(18)21)15(20)10-12/h3-10,13,20H,2H2,1H3,(H2,18,21)(H,19,22)/t13-/m1/s1. The normalized spacial score (nSPS) is 11.7. The molecule has 0 aliphatic rings. The molecule has 0 aromatic heterocycles. The summed E-state index contributed by atoms with van der Waals surface area (Å²) < 4.78 is 0. The molecule has 114 valence electrons. The van der Waals surface area contributed by atoms with Gasteiger partial charge >= 0.3 is 0 Å². The van der Waals surface area contributed by atoms with Crippen LogP contribution in [0.5, 0.6) is 5.75 Å². The molecule has 2 rings (SSSR count). The summed E-state index contributed by atoms with van der Waals surface area (Å²) in [4.78, 5) is 23.5. The van der Waals surface area contributed by atoms with Gasteiger partial charge in [-0.2, -0.15) is 0 Å². The van der Waals surface area contributed by atoms with Crippen molar-refractivity contribution in [2.24, 2.45) is 5.73 Å². The zero-order valence-corrected chi connectivity index (χ0v) is 12.2. The average Bonchev–Trinajstić information content (AvgIpc) is 2.48. The zero-order valence-electron chi connectivity index (χ0n) is 12.2. The van der Waals surface area contributed by atoms with Gasteiger partial charge in [-0.05, 0) is 24.1 Å². The number of nitrogens with one attached hydrogen (secondary N) is 1. The first kappa shape index (κ1) is 15.6. The van der Waals surface area contributed by atoms with Gasteiger partial charge in [0.1, 0.15) is 5.75 Å². The lowest BCUT2D eigenvalue weighted by Crippen LogP contribution is -2.20. The first-order valence-electron chi connectivity index (χ1n) is 7.01. The molecule has 0 saturated heterocycles. The molecular weight excluding hydrogens is 280 g/mol. The SMILES string of the molecule is CC[C@@H](C(=O)Nc1ccc(C(N)=O)c(O)c1)c1ccccc1. The van der Waals surface area contributed by atoms with Crippen LogP contribution in [-0.2, 0) is 4.79 Å². The molecule has 2 amide bonds. The molecule has 1 atom stereocenters. The van der Waals surface area contributed by atoms with Crippen molar-refractivity contribution in [2.75, 3.05) is 5.32 Å². The fourth-order valence-corrected chi connectivity index (χ4v) is 2.30. The minimum Gasteiger partial charge on any atom is -0.507 e. The number of carbonyl (C=O) groups is 2. The second-order valence-corrected chi connectivity index (χ2v) is 4.96. The van der Waals surface area contributed by atoms with Crippen molar-refractivity contribution in [3.63, 3.8) is 0 Å². The Morgan fingerprint density at radius 1 is 1.18 bits per heavy atom. The van der Waals surface area contributed by atoms with Crippen LogP contribution in [0.2, 0.25) is 0 Å². The lowest BCUT2D eigenvalue weighted by molar-refractivity contribution is -0.117. The van der Waals surface area contributed by atoms with E-state index >= 15 is 0 Å². The fourth-order valence-electron chi connectivity index (χ4n) is 2.30. The van der Waals surface area contributed by atoms with E-state index in [0.717, 1.165) is 5.56 Å². The van der Waals surface area contributed by atoms with Crippen LogP contribution in [0.1, 0.15) is 35.2 Å². The second-order valence-electron chi connectivity index (χ2n) is 4.96. The monoisotopic (exact) mass is 298 g/mol.